The van der Waals surface area contributed by atoms with E-state index in [9.17, 15) is 19.7 Å². The normalized spacial score (nSPS) is 11.1. The third kappa shape index (κ3) is 5.88. The lowest BCUT2D eigenvalue weighted by Crippen LogP contribution is -2.28. The molecule has 0 unspecified atom stereocenters. The largest absolute Gasteiger partial charge is 0.443 e. The van der Waals surface area contributed by atoms with E-state index in [1.54, 1.807) is 45.2 Å². The van der Waals surface area contributed by atoms with Crippen molar-refractivity contribution >= 4 is 35.1 Å². The number of nitro groups is 1. The van der Waals surface area contributed by atoms with Gasteiger partial charge in [0.1, 0.15) is 11.3 Å². The van der Waals surface area contributed by atoms with Crippen LogP contribution in [0.5, 0.6) is 0 Å². The van der Waals surface area contributed by atoms with Gasteiger partial charge in [0.25, 0.3) is 5.69 Å². The third-order valence-electron chi connectivity index (χ3n) is 3.80. The second-order valence-corrected chi connectivity index (χ2v) is 8.42. The molecule has 1 aromatic carbocycles. The second-order valence-electron chi connectivity index (χ2n) is 7.48. The maximum Gasteiger partial charge on any atom is 0.422 e. The van der Waals surface area contributed by atoms with Crippen LogP contribution in [0.1, 0.15) is 20.8 Å². The van der Waals surface area contributed by atoms with Gasteiger partial charge in [-0.25, -0.2) is 9.36 Å². The summed E-state index contributed by atoms with van der Waals surface area (Å²) in [6, 6.07) is 10.6. The van der Waals surface area contributed by atoms with E-state index in [4.69, 9.17) is 4.74 Å². The molecule has 0 radical (unpaired) electrons. The number of hydrogen-bond donors (Lipinski definition) is 1. The van der Waals surface area contributed by atoms with Gasteiger partial charge in [0.05, 0.1) is 10.7 Å². The molecule has 0 atom stereocenters. The lowest BCUT2D eigenvalue weighted by molar-refractivity contribution is -0.384. The lowest BCUT2D eigenvalue weighted by Gasteiger charge is -2.20. The van der Waals surface area contributed by atoms with Gasteiger partial charge in [-0.3, -0.25) is 19.9 Å². The van der Waals surface area contributed by atoms with Crippen LogP contribution >= 0.6 is 11.8 Å². The zero-order valence-electron chi connectivity index (χ0n) is 17.5. The van der Waals surface area contributed by atoms with Crippen molar-refractivity contribution < 1.29 is 19.2 Å². The van der Waals surface area contributed by atoms with E-state index < -0.39 is 16.6 Å². The number of pyridine rings is 1. The Balaban J connectivity index is 1.76. The maximum atomic E-state index is 12.8. The molecule has 0 saturated heterocycles. The topological polar surface area (TPSA) is 142 Å². The van der Waals surface area contributed by atoms with Gasteiger partial charge in [-0.15, -0.1) is 10.2 Å². The molecule has 3 aromatic rings. The van der Waals surface area contributed by atoms with E-state index >= 15 is 0 Å². The highest BCUT2D eigenvalue weighted by molar-refractivity contribution is 7.99. The number of nitro benzene ring substituents is 1. The monoisotopic (exact) mass is 456 g/mol. The zero-order valence-corrected chi connectivity index (χ0v) is 18.3. The Kier molecular flexibility index (Phi) is 6.83. The Morgan fingerprint density at radius 1 is 1.16 bits per heavy atom. The predicted molar refractivity (Wildman–Crippen MR) is 117 cm³/mol. The summed E-state index contributed by atoms with van der Waals surface area (Å²) in [4.78, 5) is 39.6. The minimum Gasteiger partial charge on any atom is -0.443 e. The van der Waals surface area contributed by atoms with Crippen LogP contribution in [0, 0.1) is 10.1 Å². The number of amides is 1. The van der Waals surface area contributed by atoms with Crippen molar-refractivity contribution in [2.45, 2.75) is 31.5 Å². The Labute approximate surface area is 187 Å². The zero-order chi connectivity index (χ0) is 23.3. The van der Waals surface area contributed by atoms with Gasteiger partial charge >= 0.3 is 6.09 Å². The fourth-order valence-corrected chi connectivity index (χ4v) is 3.21. The summed E-state index contributed by atoms with van der Waals surface area (Å²) in [5.41, 5.74) is -0.000242. The highest BCUT2D eigenvalue weighted by Crippen LogP contribution is 2.25. The van der Waals surface area contributed by atoms with Crippen LogP contribution in [0.2, 0.25) is 0 Å². The fourth-order valence-electron chi connectivity index (χ4n) is 2.49. The number of thioether (sulfide) groups is 1. The number of hydrogen-bond acceptors (Lipinski definition) is 9. The minimum absolute atomic E-state index is 0.0788. The Morgan fingerprint density at radius 3 is 2.47 bits per heavy atom. The molecule has 3 rings (SSSR count). The number of rotatable bonds is 6. The minimum atomic E-state index is -0.752. The van der Waals surface area contributed by atoms with Crippen molar-refractivity contribution in [3.63, 3.8) is 0 Å². The first-order valence-corrected chi connectivity index (χ1v) is 10.4. The number of carbonyl (C=O) groups excluding carboxylic acids is 2. The quantitative estimate of drug-likeness (QED) is 0.333. The van der Waals surface area contributed by atoms with E-state index in [0.717, 1.165) is 11.8 Å². The summed E-state index contributed by atoms with van der Waals surface area (Å²) < 4.78 is 6.64. The van der Waals surface area contributed by atoms with Gasteiger partial charge in [0.2, 0.25) is 11.1 Å². The van der Waals surface area contributed by atoms with Crippen molar-refractivity contribution in [3.05, 3.63) is 58.8 Å². The average Bonchev–Trinajstić information content (AvgIpc) is 3.16. The third-order valence-corrected chi connectivity index (χ3v) is 4.73. The van der Waals surface area contributed by atoms with Crippen molar-refractivity contribution in [2.75, 3.05) is 11.1 Å². The van der Waals surface area contributed by atoms with Crippen molar-refractivity contribution in [2.24, 2.45) is 0 Å². The van der Waals surface area contributed by atoms with Crippen molar-refractivity contribution in [3.8, 4) is 11.5 Å². The Bertz CT molecular complexity index is 1130. The van der Waals surface area contributed by atoms with Gasteiger partial charge in [0.15, 0.2) is 5.82 Å². The van der Waals surface area contributed by atoms with Crippen LogP contribution in [0.15, 0.2) is 53.8 Å². The van der Waals surface area contributed by atoms with Gasteiger partial charge in [-0.1, -0.05) is 17.8 Å². The van der Waals surface area contributed by atoms with E-state index in [0.29, 0.717) is 11.4 Å². The van der Waals surface area contributed by atoms with Crippen LogP contribution in [0.4, 0.5) is 16.2 Å². The predicted octanol–water partition coefficient (Wildman–Crippen LogP) is 3.76. The second kappa shape index (κ2) is 9.56. The molecule has 2 aromatic heterocycles. The van der Waals surface area contributed by atoms with Crippen molar-refractivity contribution in [1.29, 1.82) is 0 Å². The molecule has 2 heterocycles. The Morgan fingerprint density at radius 2 is 1.88 bits per heavy atom. The summed E-state index contributed by atoms with van der Waals surface area (Å²) >= 11 is 0.993. The molecule has 0 saturated carbocycles. The molecule has 166 valence electrons. The summed E-state index contributed by atoms with van der Waals surface area (Å²) in [5.74, 6) is -0.278. The van der Waals surface area contributed by atoms with E-state index in [-0.39, 0.29) is 28.3 Å². The number of nitrogens with zero attached hydrogens (tertiary/aromatic N) is 5. The number of benzene rings is 1. The SMILES string of the molecule is CC(C)(C)OC(=O)n1c(SCC(=O)Nc2ccc([N+](=O)[O-])cc2)nnc1-c1ccccn1. The number of non-ortho nitro benzene ring substituents is 1. The summed E-state index contributed by atoms with van der Waals surface area (Å²) in [5, 5.41) is 21.6. The first-order valence-electron chi connectivity index (χ1n) is 9.41. The summed E-state index contributed by atoms with van der Waals surface area (Å²) in [6.45, 7) is 5.21. The van der Waals surface area contributed by atoms with E-state index in [1.165, 1.54) is 28.8 Å². The van der Waals surface area contributed by atoms with Gasteiger partial charge in [0, 0.05) is 24.0 Å². The van der Waals surface area contributed by atoms with E-state index in [1.807, 2.05) is 0 Å². The molecular weight excluding hydrogens is 436 g/mol. The maximum absolute atomic E-state index is 12.8. The van der Waals surface area contributed by atoms with Gasteiger partial charge in [-0.05, 0) is 45.0 Å². The summed E-state index contributed by atoms with van der Waals surface area (Å²) in [7, 11) is 0. The number of anilines is 1. The molecule has 0 bridgehead atoms. The summed E-state index contributed by atoms with van der Waals surface area (Å²) in [6.07, 6.45) is 0.870. The molecule has 0 fully saturated rings. The molecule has 0 aliphatic rings. The standard InChI is InChI=1S/C20H20N6O5S/c1-20(2,3)31-19(28)25-17(15-6-4-5-11-21-15)23-24-18(25)32-12-16(27)22-13-7-9-14(10-8-13)26(29)30/h4-11H,12H2,1-3H3,(H,22,27). The molecule has 0 aliphatic heterocycles. The first kappa shape index (κ1) is 22.9. The molecule has 1 amide bonds. The molecule has 11 nitrogen and oxygen atoms in total. The molecule has 32 heavy (non-hydrogen) atoms. The van der Waals surface area contributed by atoms with E-state index in [2.05, 4.69) is 20.5 Å². The lowest BCUT2D eigenvalue weighted by atomic mass is 10.2. The van der Waals surface area contributed by atoms with Gasteiger partial charge in [-0.2, -0.15) is 0 Å². The first-order chi connectivity index (χ1) is 15.1. The fraction of sp³-hybridized carbons (Fsp3) is 0.250. The Hall–Kier alpha value is -3.80. The number of aromatic nitrogens is 4. The van der Waals surface area contributed by atoms with Crippen LogP contribution < -0.4 is 5.32 Å². The highest BCUT2D eigenvalue weighted by Gasteiger charge is 2.26. The smallest absolute Gasteiger partial charge is 0.422 e. The van der Waals surface area contributed by atoms with Crippen LogP contribution in [-0.4, -0.2) is 48.0 Å². The van der Waals surface area contributed by atoms with Crippen molar-refractivity contribution in [1.82, 2.24) is 19.7 Å². The number of ether oxygens (including phenoxy) is 1. The molecule has 1 N–H and O–H groups in total. The van der Waals surface area contributed by atoms with Crippen LogP contribution in [0.3, 0.4) is 0 Å². The molecule has 0 spiro atoms. The van der Waals surface area contributed by atoms with Gasteiger partial charge < -0.3 is 10.1 Å². The molecule has 12 heteroatoms. The number of nitrogens with one attached hydrogen (secondary N) is 1. The molecule has 0 aliphatic carbocycles. The number of carbonyl (C=O) groups is 2. The van der Waals surface area contributed by atoms with Crippen LogP contribution in [0.25, 0.3) is 11.5 Å². The van der Waals surface area contributed by atoms with Crippen LogP contribution in [-0.2, 0) is 9.53 Å². The molecular formula is C20H20N6O5S. The average molecular weight is 456 g/mol. The highest BCUT2D eigenvalue weighted by atomic mass is 32.2.